The summed E-state index contributed by atoms with van der Waals surface area (Å²) in [5, 5.41) is 3.07. The van der Waals surface area contributed by atoms with Gasteiger partial charge in [0.25, 0.3) is 0 Å². The standard InChI is InChI=1S/C18H29N3O/c1-13(2)16-6-4-5-7-17(16)20-18(22)12-21-10-8-15(9-11-21)14(3)19/h4-7,13-15H,8-12,19H2,1-3H3,(H,20,22). The van der Waals surface area contributed by atoms with Gasteiger partial charge in [0.05, 0.1) is 6.54 Å². The van der Waals surface area contributed by atoms with Crippen molar-refractivity contribution in [1.29, 1.82) is 0 Å². The number of nitrogens with one attached hydrogen (secondary N) is 1. The molecule has 0 aromatic heterocycles. The predicted octanol–water partition coefficient (Wildman–Crippen LogP) is 2.81. The topological polar surface area (TPSA) is 58.4 Å². The molecule has 1 amide bonds. The van der Waals surface area contributed by atoms with E-state index in [1.54, 1.807) is 0 Å². The van der Waals surface area contributed by atoms with Gasteiger partial charge in [-0.1, -0.05) is 32.0 Å². The third-order valence-corrected chi connectivity index (χ3v) is 4.60. The van der Waals surface area contributed by atoms with E-state index in [-0.39, 0.29) is 11.9 Å². The third kappa shape index (κ3) is 4.55. The van der Waals surface area contributed by atoms with Gasteiger partial charge in [0.1, 0.15) is 0 Å². The second kappa shape index (κ2) is 7.75. The molecule has 0 radical (unpaired) electrons. The van der Waals surface area contributed by atoms with Gasteiger partial charge in [0.15, 0.2) is 0 Å². The average molecular weight is 303 g/mol. The Morgan fingerprint density at radius 3 is 2.50 bits per heavy atom. The van der Waals surface area contributed by atoms with Crippen LogP contribution in [0.5, 0.6) is 0 Å². The van der Waals surface area contributed by atoms with Crippen LogP contribution in [0.1, 0.15) is 45.1 Å². The molecule has 1 saturated heterocycles. The van der Waals surface area contributed by atoms with E-state index in [1.807, 2.05) is 18.2 Å². The van der Waals surface area contributed by atoms with E-state index >= 15 is 0 Å². The number of carbonyl (C=O) groups excluding carboxylic acids is 1. The summed E-state index contributed by atoms with van der Waals surface area (Å²) >= 11 is 0. The molecule has 1 aliphatic rings. The zero-order valence-corrected chi connectivity index (χ0v) is 14.0. The third-order valence-electron chi connectivity index (χ3n) is 4.60. The highest BCUT2D eigenvalue weighted by atomic mass is 16.2. The number of piperidine rings is 1. The Morgan fingerprint density at radius 2 is 1.91 bits per heavy atom. The van der Waals surface area contributed by atoms with Gasteiger partial charge in [0.2, 0.25) is 5.91 Å². The second-order valence-corrected chi connectivity index (χ2v) is 6.76. The lowest BCUT2D eigenvalue weighted by molar-refractivity contribution is -0.117. The first-order valence-corrected chi connectivity index (χ1v) is 8.34. The summed E-state index contributed by atoms with van der Waals surface area (Å²) in [5.74, 6) is 1.08. The summed E-state index contributed by atoms with van der Waals surface area (Å²) in [7, 11) is 0. The number of nitrogens with zero attached hydrogens (tertiary/aromatic N) is 1. The highest BCUT2D eigenvalue weighted by Crippen LogP contribution is 2.24. The second-order valence-electron chi connectivity index (χ2n) is 6.76. The summed E-state index contributed by atoms with van der Waals surface area (Å²) < 4.78 is 0. The smallest absolute Gasteiger partial charge is 0.238 e. The minimum Gasteiger partial charge on any atom is -0.328 e. The molecule has 1 heterocycles. The Labute approximate surface area is 134 Å². The molecule has 1 aromatic carbocycles. The number of nitrogens with two attached hydrogens (primary N) is 1. The van der Waals surface area contributed by atoms with Crippen molar-refractivity contribution in [3.8, 4) is 0 Å². The van der Waals surface area contributed by atoms with Gasteiger partial charge < -0.3 is 11.1 Å². The van der Waals surface area contributed by atoms with Crippen LogP contribution in [-0.2, 0) is 4.79 Å². The fraction of sp³-hybridized carbons (Fsp3) is 0.611. The maximum absolute atomic E-state index is 12.3. The van der Waals surface area contributed by atoms with Crippen LogP contribution in [0.15, 0.2) is 24.3 Å². The first kappa shape index (κ1) is 17.0. The van der Waals surface area contributed by atoms with Crippen molar-refractivity contribution in [3.05, 3.63) is 29.8 Å². The summed E-state index contributed by atoms with van der Waals surface area (Å²) in [6.45, 7) is 8.76. The summed E-state index contributed by atoms with van der Waals surface area (Å²) in [5.41, 5.74) is 8.09. The van der Waals surface area contributed by atoms with Crippen molar-refractivity contribution >= 4 is 11.6 Å². The fourth-order valence-electron chi connectivity index (χ4n) is 3.14. The Hall–Kier alpha value is -1.39. The first-order chi connectivity index (χ1) is 10.5. The monoisotopic (exact) mass is 303 g/mol. The number of anilines is 1. The Balaban J connectivity index is 1.87. The van der Waals surface area contributed by atoms with Crippen LogP contribution < -0.4 is 11.1 Å². The lowest BCUT2D eigenvalue weighted by atomic mass is 9.91. The Morgan fingerprint density at radius 1 is 1.27 bits per heavy atom. The van der Waals surface area contributed by atoms with Crippen LogP contribution in [-0.4, -0.2) is 36.5 Å². The number of carbonyl (C=O) groups is 1. The zero-order chi connectivity index (χ0) is 16.1. The molecule has 122 valence electrons. The predicted molar refractivity (Wildman–Crippen MR) is 92.0 cm³/mol. The van der Waals surface area contributed by atoms with E-state index in [4.69, 9.17) is 5.73 Å². The van der Waals surface area contributed by atoms with Crippen molar-refractivity contribution in [2.75, 3.05) is 25.0 Å². The van der Waals surface area contributed by atoms with Crippen molar-refractivity contribution in [2.45, 2.75) is 45.6 Å². The highest BCUT2D eigenvalue weighted by molar-refractivity contribution is 5.93. The van der Waals surface area contributed by atoms with E-state index in [2.05, 4.69) is 37.1 Å². The largest absolute Gasteiger partial charge is 0.328 e. The van der Waals surface area contributed by atoms with Gasteiger partial charge in [0, 0.05) is 11.7 Å². The molecular weight excluding hydrogens is 274 g/mol. The first-order valence-electron chi connectivity index (χ1n) is 8.34. The summed E-state index contributed by atoms with van der Waals surface area (Å²) in [4.78, 5) is 14.5. The molecule has 4 heteroatoms. The Bertz CT molecular complexity index is 491. The number of likely N-dealkylation sites (tertiary alicyclic amines) is 1. The minimum absolute atomic E-state index is 0.0762. The van der Waals surface area contributed by atoms with Gasteiger partial charge in [-0.25, -0.2) is 0 Å². The molecule has 0 bridgehead atoms. The highest BCUT2D eigenvalue weighted by Gasteiger charge is 2.23. The molecule has 3 N–H and O–H groups in total. The average Bonchev–Trinajstić information content (AvgIpc) is 2.48. The molecule has 4 nitrogen and oxygen atoms in total. The molecule has 1 atom stereocenters. The number of para-hydroxylation sites is 1. The van der Waals surface area contributed by atoms with Crippen molar-refractivity contribution in [3.63, 3.8) is 0 Å². The van der Waals surface area contributed by atoms with Crippen LogP contribution in [0.3, 0.4) is 0 Å². The van der Waals surface area contributed by atoms with Crippen LogP contribution in [0, 0.1) is 5.92 Å². The molecule has 1 fully saturated rings. The fourth-order valence-corrected chi connectivity index (χ4v) is 3.14. The van der Waals surface area contributed by atoms with E-state index in [9.17, 15) is 4.79 Å². The lowest BCUT2D eigenvalue weighted by Gasteiger charge is -2.33. The van der Waals surface area contributed by atoms with Crippen LogP contribution in [0.2, 0.25) is 0 Å². The number of amides is 1. The molecule has 0 spiro atoms. The van der Waals surface area contributed by atoms with Crippen LogP contribution in [0.25, 0.3) is 0 Å². The van der Waals surface area contributed by atoms with E-state index in [0.29, 0.717) is 18.4 Å². The van der Waals surface area contributed by atoms with Gasteiger partial charge in [-0.05, 0) is 56.3 Å². The zero-order valence-electron chi connectivity index (χ0n) is 14.0. The number of hydrogen-bond acceptors (Lipinski definition) is 3. The van der Waals surface area contributed by atoms with Gasteiger partial charge in [-0.2, -0.15) is 0 Å². The maximum Gasteiger partial charge on any atom is 0.238 e. The van der Waals surface area contributed by atoms with E-state index in [1.165, 1.54) is 5.56 Å². The van der Waals surface area contributed by atoms with Gasteiger partial charge in [-0.3, -0.25) is 9.69 Å². The number of hydrogen-bond donors (Lipinski definition) is 2. The van der Waals surface area contributed by atoms with E-state index in [0.717, 1.165) is 31.6 Å². The maximum atomic E-state index is 12.3. The molecule has 0 saturated carbocycles. The number of rotatable bonds is 5. The lowest BCUT2D eigenvalue weighted by Crippen LogP contribution is -2.42. The van der Waals surface area contributed by atoms with Crippen molar-refractivity contribution in [2.24, 2.45) is 11.7 Å². The number of benzene rings is 1. The minimum atomic E-state index is 0.0762. The summed E-state index contributed by atoms with van der Waals surface area (Å²) in [6, 6.07) is 8.30. The molecule has 2 rings (SSSR count). The normalized spacial score (nSPS) is 18.4. The summed E-state index contributed by atoms with van der Waals surface area (Å²) in [6.07, 6.45) is 2.18. The molecule has 1 aliphatic heterocycles. The SMILES string of the molecule is CC(C)c1ccccc1NC(=O)CN1CCC(C(C)N)CC1. The van der Waals surface area contributed by atoms with E-state index < -0.39 is 0 Å². The Kier molecular flexibility index (Phi) is 5.98. The van der Waals surface area contributed by atoms with Crippen molar-refractivity contribution in [1.82, 2.24) is 4.90 Å². The molecule has 1 unspecified atom stereocenters. The molecular formula is C18H29N3O. The van der Waals surface area contributed by atoms with Crippen LogP contribution >= 0.6 is 0 Å². The van der Waals surface area contributed by atoms with Gasteiger partial charge >= 0.3 is 0 Å². The molecule has 22 heavy (non-hydrogen) atoms. The van der Waals surface area contributed by atoms with Gasteiger partial charge in [-0.15, -0.1) is 0 Å². The molecule has 0 aliphatic carbocycles. The van der Waals surface area contributed by atoms with Crippen molar-refractivity contribution < 1.29 is 4.79 Å². The van der Waals surface area contributed by atoms with Crippen LogP contribution in [0.4, 0.5) is 5.69 Å². The quantitative estimate of drug-likeness (QED) is 0.879. The molecule has 1 aromatic rings.